The second-order valence-corrected chi connectivity index (χ2v) is 7.55. The lowest BCUT2D eigenvalue weighted by molar-refractivity contribution is 0.113. The van der Waals surface area contributed by atoms with Gasteiger partial charge in [0.2, 0.25) is 0 Å². The Hall–Kier alpha value is -0.380. The molecule has 0 bridgehead atoms. The zero-order chi connectivity index (χ0) is 14.5. The van der Waals surface area contributed by atoms with Crippen molar-refractivity contribution in [1.82, 2.24) is 4.90 Å². The van der Waals surface area contributed by atoms with E-state index in [0.717, 1.165) is 12.3 Å². The molecular weight excluding hydrogens is 264 g/mol. The van der Waals surface area contributed by atoms with E-state index in [9.17, 15) is 0 Å². The lowest BCUT2D eigenvalue weighted by Crippen LogP contribution is -2.44. The summed E-state index contributed by atoms with van der Waals surface area (Å²) in [5.74, 6) is 0.944. The molecule has 0 aromatic carbocycles. The summed E-state index contributed by atoms with van der Waals surface area (Å²) in [5, 5.41) is 0. The Morgan fingerprint density at radius 3 is 2.50 bits per heavy atom. The van der Waals surface area contributed by atoms with Crippen molar-refractivity contribution in [3.05, 3.63) is 21.9 Å². The molecule has 1 aliphatic heterocycles. The maximum Gasteiger partial charge on any atom is 0.0593 e. The van der Waals surface area contributed by atoms with Crippen LogP contribution in [0.3, 0.4) is 0 Å². The van der Waals surface area contributed by atoms with Crippen LogP contribution in [0.5, 0.6) is 0 Å². The van der Waals surface area contributed by atoms with Gasteiger partial charge in [-0.2, -0.15) is 0 Å². The maximum atomic E-state index is 6.45. The summed E-state index contributed by atoms with van der Waals surface area (Å²) in [5.41, 5.74) is 6.45. The predicted octanol–water partition coefficient (Wildman–Crippen LogP) is 4.35. The van der Waals surface area contributed by atoms with Gasteiger partial charge in [-0.15, -0.1) is 11.3 Å². The number of aryl methyl sites for hydroxylation is 1. The molecule has 0 amide bonds. The van der Waals surface area contributed by atoms with Crippen LogP contribution >= 0.6 is 11.3 Å². The van der Waals surface area contributed by atoms with Crippen LogP contribution in [0.15, 0.2) is 12.1 Å². The van der Waals surface area contributed by atoms with Gasteiger partial charge in [0.1, 0.15) is 0 Å². The maximum absolute atomic E-state index is 6.45. The van der Waals surface area contributed by atoms with Crippen molar-refractivity contribution >= 4 is 11.3 Å². The van der Waals surface area contributed by atoms with Crippen LogP contribution in [0.1, 0.15) is 61.7 Å². The molecule has 20 heavy (non-hydrogen) atoms. The molecule has 1 saturated heterocycles. The van der Waals surface area contributed by atoms with E-state index in [1.54, 1.807) is 0 Å². The monoisotopic (exact) mass is 294 g/mol. The van der Waals surface area contributed by atoms with Gasteiger partial charge < -0.3 is 5.73 Å². The highest BCUT2D eigenvalue weighted by atomic mass is 32.1. The van der Waals surface area contributed by atoms with E-state index in [4.69, 9.17) is 5.73 Å². The summed E-state index contributed by atoms with van der Waals surface area (Å²) in [6, 6.07) is 5.22. The van der Waals surface area contributed by atoms with Crippen molar-refractivity contribution in [2.45, 2.75) is 65.0 Å². The summed E-state index contributed by atoms with van der Waals surface area (Å²) in [6.45, 7) is 9.15. The Balaban J connectivity index is 2.05. The smallest absolute Gasteiger partial charge is 0.0593 e. The number of nitrogens with zero attached hydrogens (tertiary/aromatic N) is 1. The molecule has 1 fully saturated rings. The van der Waals surface area contributed by atoms with Crippen LogP contribution in [0.4, 0.5) is 0 Å². The summed E-state index contributed by atoms with van der Waals surface area (Å²) >= 11 is 1.92. The molecule has 0 radical (unpaired) electrons. The highest BCUT2D eigenvalue weighted by Gasteiger charge is 2.30. The summed E-state index contributed by atoms with van der Waals surface area (Å²) in [6.07, 6.45) is 6.48. The Bertz CT molecular complexity index is 393. The molecule has 0 spiro atoms. The van der Waals surface area contributed by atoms with Crippen molar-refractivity contribution in [3.63, 3.8) is 0 Å². The number of hydrogen-bond acceptors (Lipinski definition) is 3. The van der Waals surface area contributed by atoms with Crippen molar-refractivity contribution in [3.8, 4) is 0 Å². The van der Waals surface area contributed by atoms with Crippen LogP contribution in [0, 0.1) is 12.8 Å². The third-order valence-corrected chi connectivity index (χ3v) is 5.74. The normalized spacial score (nSPS) is 21.0. The standard InChI is InChI=1S/C17H30N2S/c1-4-6-14-9-11-19(12-10-14)17(15(18)5-2)16-8-7-13(3)20-16/h7-8,14-15,17H,4-6,9-12,18H2,1-3H3. The van der Waals surface area contributed by atoms with Crippen molar-refractivity contribution in [1.29, 1.82) is 0 Å². The first-order chi connectivity index (χ1) is 9.65. The lowest BCUT2D eigenvalue weighted by atomic mass is 9.90. The summed E-state index contributed by atoms with van der Waals surface area (Å²) in [7, 11) is 0. The molecule has 2 heterocycles. The zero-order valence-corrected chi connectivity index (χ0v) is 14.1. The third kappa shape index (κ3) is 3.84. The third-order valence-electron chi connectivity index (χ3n) is 4.67. The van der Waals surface area contributed by atoms with E-state index >= 15 is 0 Å². The van der Waals surface area contributed by atoms with Crippen molar-refractivity contribution in [2.75, 3.05) is 13.1 Å². The minimum absolute atomic E-state index is 0.260. The predicted molar refractivity (Wildman–Crippen MR) is 89.3 cm³/mol. The molecule has 1 aliphatic rings. The minimum atomic E-state index is 0.260. The van der Waals surface area contributed by atoms with E-state index in [1.807, 2.05) is 11.3 Å². The van der Waals surface area contributed by atoms with E-state index in [0.29, 0.717) is 6.04 Å². The number of likely N-dealkylation sites (tertiary alicyclic amines) is 1. The Morgan fingerprint density at radius 1 is 1.30 bits per heavy atom. The molecular formula is C17H30N2S. The zero-order valence-electron chi connectivity index (χ0n) is 13.3. The van der Waals surface area contributed by atoms with Crippen molar-refractivity contribution < 1.29 is 0 Å². The fraction of sp³-hybridized carbons (Fsp3) is 0.765. The van der Waals surface area contributed by atoms with Gasteiger partial charge >= 0.3 is 0 Å². The number of piperidine rings is 1. The van der Waals surface area contributed by atoms with Crippen LogP contribution in [-0.4, -0.2) is 24.0 Å². The number of rotatable bonds is 6. The van der Waals surface area contributed by atoms with Gasteiger partial charge in [0.05, 0.1) is 6.04 Å². The lowest BCUT2D eigenvalue weighted by Gasteiger charge is -2.39. The van der Waals surface area contributed by atoms with E-state index < -0.39 is 0 Å². The van der Waals surface area contributed by atoms with E-state index in [-0.39, 0.29) is 6.04 Å². The Morgan fingerprint density at radius 2 is 2.00 bits per heavy atom. The largest absolute Gasteiger partial charge is 0.326 e. The number of thiophene rings is 1. The molecule has 2 unspecified atom stereocenters. The second kappa shape index (κ2) is 7.58. The molecule has 2 nitrogen and oxygen atoms in total. The number of nitrogens with two attached hydrogens (primary N) is 1. The Kier molecular flexibility index (Phi) is 6.06. The summed E-state index contributed by atoms with van der Waals surface area (Å²) < 4.78 is 0. The molecule has 0 saturated carbocycles. The Labute approximate surface area is 128 Å². The van der Waals surface area contributed by atoms with Gasteiger partial charge in [0, 0.05) is 15.8 Å². The molecule has 3 heteroatoms. The second-order valence-electron chi connectivity index (χ2n) is 6.23. The van der Waals surface area contributed by atoms with Crippen LogP contribution in [0.2, 0.25) is 0 Å². The average molecular weight is 295 g/mol. The first kappa shape index (κ1) is 16.0. The molecule has 2 atom stereocenters. The molecule has 114 valence electrons. The molecule has 0 aliphatic carbocycles. The summed E-state index contributed by atoms with van der Waals surface area (Å²) in [4.78, 5) is 5.51. The van der Waals surface area contributed by atoms with E-state index in [1.165, 1.54) is 48.5 Å². The van der Waals surface area contributed by atoms with Crippen LogP contribution < -0.4 is 5.73 Å². The fourth-order valence-electron chi connectivity index (χ4n) is 3.43. The first-order valence-corrected chi connectivity index (χ1v) is 9.03. The van der Waals surface area contributed by atoms with Gasteiger partial charge in [-0.1, -0.05) is 26.7 Å². The van der Waals surface area contributed by atoms with Crippen LogP contribution in [-0.2, 0) is 0 Å². The van der Waals surface area contributed by atoms with Gasteiger partial charge in [-0.3, -0.25) is 4.90 Å². The van der Waals surface area contributed by atoms with Gasteiger partial charge in [-0.25, -0.2) is 0 Å². The average Bonchev–Trinajstić information content (AvgIpc) is 2.87. The SMILES string of the molecule is CCCC1CCN(C(c2ccc(C)s2)C(N)CC)CC1. The van der Waals surface area contributed by atoms with Crippen LogP contribution in [0.25, 0.3) is 0 Å². The quantitative estimate of drug-likeness (QED) is 0.845. The highest BCUT2D eigenvalue weighted by molar-refractivity contribution is 7.12. The van der Waals surface area contributed by atoms with Gasteiger partial charge in [-0.05, 0) is 57.3 Å². The fourth-order valence-corrected chi connectivity index (χ4v) is 4.51. The molecule has 1 aromatic rings. The molecule has 1 aromatic heterocycles. The highest BCUT2D eigenvalue weighted by Crippen LogP contribution is 2.34. The topological polar surface area (TPSA) is 29.3 Å². The van der Waals surface area contributed by atoms with Gasteiger partial charge in [0.25, 0.3) is 0 Å². The number of hydrogen-bond donors (Lipinski definition) is 1. The first-order valence-electron chi connectivity index (χ1n) is 8.21. The molecule has 2 N–H and O–H groups in total. The minimum Gasteiger partial charge on any atom is -0.326 e. The van der Waals surface area contributed by atoms with Crippen molar-refractivity contribution in [2.24, 2.45) is 11.7 Å². The van der Waals surface area contributed by atoms with E-state index in [2.05, 4.69) is 37.8 Å². The molecule has 2 rings (SSSR count). The van der Waals surface area contributed by atoms with Gasteiger partial charge in [0.15, 0.2) is 0 Å².